The second-order valence-corrected chi connectivity index (χ2v) is 7.29. The van der Waals surface area contributed by atoms with Gasteiger partial charge in [0, 0.05) is 17.5 Å². The number of hydrogen-bond acceptors (Lipinski definition) is 4. The van der Waals surface area contributed by atoms with Gasteiger partial charge in [-0.15, -0.1) is 0 Å². The van der Waals surface area contributed by atoms with Crippen LogP contribution in [0.15, 0.2) is 72.8 Å². The van der Waals surface area contributed by atoms with Crippen LogP contribution in [0.3, 0.4) is 0 Å². The molecule has 1 aromatic heterocycles. The number of rotatable bonds is 6. The Morgan fingerprint density at radius 3 is 2.45 bits per heavy atom. The second-order valence-electron chi connectivity index (χ2n) is 7.29. The molecule has 4 N–H and O–H groups in total. The lowest BCUT2D eigenvalue weighted by Crippen LogP contribution is -2.10. The molecule has 0 unspecified atom stereocenters. The molecule has 6 heteroatoms. The maximum Gasteiger partial charge on any atom is 0.336 e. The molecule has 0 saturated carbocycles. The number of nitrogens with one attached hydrogen (secondary N) is 1. The van der Waals surface area contributed by atoms with Crippen LogP contribution >= 0.6 is 0 Å². The zero-order valence-electron chi connectivity index (χ0n) is 16.9. The quantitative estimate of drug-likeness (QED) is 0.429. The van der Waals surface area contributed by atoms with Gasteiger partial charge >= 0.3 is 5.97 Å². The topological polar surface area (TPSA) is 105 Å². The lowest BCUT2D eigenvalue weighted by atomic mass is 9.99. The number of amides is 1. The van der Waals surface area contributed by atoms with Gasteiger partial charge in [0.1, 0.15) is 0 Å². The molecule has 1 heterocycles. The van der Waals surface area contributed by atoms with Crippen molar-refractivity contribution in [2.24, 2.45) is 5.73 Å². The summed E-state index contributed by atoms with van der Waals surface area (Å²) >= 11 is 0. The van der Waals surface area contributed by atoms with Crippen molar-refractivity contribution in [3.05, 3.63) is 95.2 Å². The van der Waals surface area contributed by atoms with Gasteiger partial charge in [0.2, 0.25) is 5.91 Å². The van der Waals surface area contributed by atoms with E-state index < -0.39 is 11.9 Å². The van der Waals surface area contributed by atoms with Crippen LogP contribution in [0.5, 0.6) is 0 Å². The lowest BCUT2D eigenvalue weighted by molar-refractivity contribution is 0.0697. The van der Waals surface area contributed by atoms with Crippen LogP contribution in [-0.4, -0.2) is 22.0 Å². The first-order chi connectivity index (χ1) is 14.9. The van der Waals surface area contributed by atoms with Crippen LogP contribution in [0.2, 0.25) is 0 Å². The Morgan fingerprint density at radius 2 is 1.74 bits per heavy atom. The number of nitrogens with two attached hydrogens (primary N) is 1. The van der Waals surface area contributed by atoms with Crippen LogP contribution in [0.1, 0.15) is 32.0 Å². The molecule has 0 aliphatic heterocycles. The molecule has 0 bridgehead atoms. The maximum absolute atomic E-state index is 11.5. The number of fused-ring (bicyclic) bond motifs is 1. The van der Waals surface area contributed by atoms with Gasteiger partial charge in [0.25, 0.3) is 0 Å². The second kappa shape index (κ2) is 8.28. The molecule has 0 aliphatic carbocycles. The number of benzene rings is 3. The van der Waals surface area contributed by atoms with Crippen molar-refractivity contribution in [1.29, 1.82) is 0 Å². The number of primary amides is 1. The molecule has 0 atom stereocenters. The molecule has 154 valence electrons. The predicted molar refractivity (Wildman–Crippen MR) is 121 cm³/mol. The molecule has 0 fully saturated rings. The number of anilines is 1. The molecule has 0 aliphatic rings. The molecule has 4 aromatic rings. The molecule has 4 rings (SSSR count). The van der Waals surface area contributed by atoms with E-state index in [9.17, 15) is 14.7 Å². The zero-order chi connectivity index (χ0) is 22.0. The first-order valence-electron chi connectivity index (χ1n) is 9.79. The standard InChI is InChI=1S/C25H21N3O3/c1-15-23(13-19-12-18(24(26)29)10-11-22(19)28-15)27-14-16-6-8-17(9-7-16)20-4-2-3-5-21(20)25(30)31/h2-13,27H,14H2,1H3,(H2,26,29)(H,30,31). The summed E-state index contributed by atoms with van der Waals surface area (Å²) in [6.45, 7) is 2.50. The summed E-state index contributed by atoms with van der Waals surface area (Å²) in [6, 6.07) is 21.9. The number of carbonyl (C=O) groups is 2. The number of carbonyl (C=O) groups excluding carboxylic acids is 1. The molecule has 6 nitrogen and oxygen atoms in total. The van der Waals surface area contributed by atoms with E-state index in [0.717, 1.165) is 33.4 Å². The molecular weight excluding hydrogens is 390 g/mol. The van der Waals surface area contributed by atoms with Gasteiger partial charge in [-0.2, -0.15) is 0 Å². The number of aromatic carboxylic acids is 1. The smallest absolute Gasteiger partial charge is 0.336 e. The normalized spacial score (nSPS) is 10.7. The SMILES string of the molecule is Cc1nc2ccc(C(N)=O)cc2cc1NCc1ccc(-c2ccccc2C(=O)O)cc1. The van der Waals surface area contributed by atoms with Crippen molar-refractivity contribution in [3.8, 4) is 11.1 Å². The van der Waals surface area contributed by atoms with E-state index in [1.54, 1.807) is 36.4 Å². The van der Waals surface area contributed by atoms with Gasteiger partial charge in [0.15, 0.2) is 0 Å². The summed E-state index contributed by atoms with van der Waals surface area (Å²) in [5.41, 5.74) is 11.2. The summed E-state index contributed by atoms with van der Waals surface area (Å²) in [7, 11) is 0. The van der Waals surface area contributed by atoms with Gasteiger partial charge < -0.3 is 16.2 Å². The van der Waals surface area contributed by atoms with E-state index >= 15 is 0 Å². The highest BCUT2D eigenvalue weighted by Crippen LogP contribution is 2.25. The summed E-state index contributed by atoms with van der Waals surface area (Å²) in [6.07, 6.45) is 0. The summed E-state index contributed by atoms with van der Waals surface area (Å²) in [5, 5.41) is 13.6. The summed E-state index contributed by atoms with van der Waals surface area (Å²) < 4.78 is 0. The number of aromatic nitrogens is 1. The molecule has 1 amide bonds. The highest BCUT2D eigenvalue weighted by Gasteiger charge is 2.11. The molecular formula is C25H21N3O3. The monoisotopic (exact) mass is 411 g/mol. The number of nitrogens with zero attached hydrogens (tertiary/aromatic N) is 1. The Kier molecular flexibility index (Phi) is 5.37. The third-order valence-electron chi connectivity index (χ3n) is 5.20. The summed E-state index contributed by atoms with van der Waals surface area (Å²) in [5.74, 6) is -1.42. The number of pyridine rings is 1. The minimum absolute atomic E-state index is 0.279. The van der Waals surface area contributed by atoms with Gasteiger partial charge in [-0.1, -0.05) is 42.5 Å². The first kappa shape index (κ1) is 20.1. The number of aryl methyl sites for hydroxylation is 1. The predicted octanol–water partition coefficient (Wildman–Crippen LogP) is 4.62. The van der Waals surface area contributed by atoms with E-state index in [1.165, 1.54) is 0 Å². The van der Waals surface area contributed by atoms with E-state index in [1.807, 2.05) is 43.3 Å². The van der Waals surface area contributed by atoms with Gasteiger partial charge in [-0.25, -0.2) is 4.79 Å². The Hall–Kier alpha value is -4.19. The van der Waals surface area contributed by atoms with Gasteiger partial charge in [0.05, 0.1) is 22.5 Å². The van der Waals surface area contributed by atoms with Gasteiger partial charge in [-0.3, -0.25) is 9.78 Å². The fraction of sp³-hybridized carbons (Fsp3) is 0.0800. The van der Waals surface area contributed by atoms with Crippen LogP contribution in [0, 0.1) is 6.92 Å². The Morgan fingerprint density at radius 1 is 1.00 bits per heavy atom. The average molecular weight is 411 g/mol. The van der Waals surface area contributed by atoms with Crippen molar-refractivity contribution < 1.29 is 14.7 Å². The van der Waals surface area contributed by atoms with Crippen LogP contribution in [-0.2, 0) is 6.54 Å². The lowest BCUT2D eigenvalue weighted by Gasteiger charge is -2.12. The fourth-order valence-corrected chi connectivity index (χ4v) is 3.53. The molecule has 31 heavy (non-hydrogen) atoms. The number of hydrogen-bond donors (Lipinski definition) is 3. The van der Waals surface area contributed by atoms with E-state index in [-0.39, 0.29) is 5.56 Å². The number of carboxylic acids is 1. The molecule has 3 aromatic carbocycles. The zero-order valence-corrected chi connectivity index (χ0v) is 16.9. The van der Waals surface area contributed by atoms with Crippen LogP contribution < -0.4 is 11.1 Å². The third kappa shape index (κ3) is 4.23. The Labute approximate surface area is 179 Å². The minimum Gasteiger partial charge on any atom is -0.478 e. The fourth-order valence-electron chi connectivity index (χ4n) is 3.53. The van der Waals surface area contributed by atoms with E-state index in [0.29, 0.717) is 17.7 Å². The van der Waals surface area contributed by atoms with Crippen molar-refractivity contribution in [2.75, 3.05) is 5.32 Å². The van der Waals surface area contributed by atoms with Crippen molar-refractivity contribution >= 4 is 28.5 Å². The maximum atomic E-state index is 11.5. The van der Waals surface area contributed by atoms with Crippen LogP contribution in [0.4, 0.5) is 5.69 Å². The van der Waals surface area contributed by atoms with Crippen molar-refractivity contribution in [3.63, 3.8) is 0 Å². The third-order valence-corrected chi connectivity index (χ3v) is 5.20. The molecule has 0 saturated heterocycles. The summed E-state index contributed by atoms with van der Waals surface area (Å²) in [4.78, 5) is 27.5. The van der Waals surface area contributed by atoms with E-state index in [4.69, 9.17) is 5.73 Å². The molecule has 0 radical (unpaired) electrons. The minimum atomic E-state index is -0.944. The Bertz CT molecular complexity index is 1300. The van der Waals surface area contributed by atoms with Gasteiger partial charge in [-0.05, 0) is 53.9 Å². The number of carboxylic acid groups (broad SMARTS) is 1. The van der Waals surface area contributed by atoms with Crippen LogP contribution in [0.25, 0.3) is 22.0 Å². The van der Waals surface area contributed by atoms with Crippen molar-refractivity contribution in [1.82, 2.24) is 4.98 Å². The van der Waals surface area contributed by atoms with Crippen molar-refractivity contribution in [2.45, 2.75) is 13.5 Å². The highest BCUT2D eigenvalue weighted by atomic mass is 16.4. The average Bonchev–Trinajstić information content (AvgIpc) is 2.77. The highest BCUT2D eigenvalue weighted by molar-refractivity contribution is 5.97. The largest absolute Gasteiger partial charge is 0.478 e. The first-order valence-corrected chi connectivity index (χ1v) is 9.79. The Balaban J connectivity index is 1.54. The van der Waals surface area contributed by atoms with E-state index in [2.05, 4.69) is 10.3 Å². The molecule has 0 spiro atoms.